The third-order valence-electron chi connectivity index (χ3n) is 4.11. The molecule has 0 amide bonds. The summed E-state index contributed by atoms with van der Waals surface area (Å²) in [5.41, 5.74) is 2.23. The molecule has 1 fully saturated rings. The van der Waals surface area contributed by atoms with Crippen LogP contribution in [0.2, 0.25) is 0 Å². The van der Waals surface area contributed by atoms with Crippen LogP contribution < -0.4 is 10.1 Å². The molecule has 116 valence electrons. The van der Waals surface area contributed by atoms with Gasteiger partial charge in [0.1, 0.15) is 11.6 Å². The fourth-order valence-corrected chi connectivity index (χ4v) is 2.98. The van der Waals surface area contributed by atoms with Crippen molar-refractivity contribution in [2.75, 3.05) is 26.7 Å². The van der Waals surface area contributed by atoms with Crippen LogP contribution in [-0.4, -0.2) is 31.6 Å². The normalized spacial score (nSPS) is 19.1. The highest BCUT2D eigenvalue weighted by atomic mass is 19.1. The van der Waals surface area contributed by atoms with Crippen molar-refractivity contribution in [2.45, 2.75) is 12.6 Å². The highest BCUT2D eigenvalue weighted by molar-refractivity contribution is 5.29. The van der Waals surface area contributed by atoms with Gasteiger partial charge >= 0.3 is 0 Å². The molecule has 3 nitrogen and oxygen atoms in total. The summed E-state index contributed by atoms with van der Waals surface area (Å²) in [5, 5.41) is 3.40. The van der Waals surface area contributed by atoms with Gasteiger partial charge in [0.2, 0.25) is 0 Å². The molecule has 1 heterocycles. The van der Waals surface area contributed by atoms with Crippen LogP contribution in [0.4, 0.5) is 4.39 Å². The summed E-state index contributed by atoms with van der Waals surface area (Å²) in [6, 6.07) is 15.2. The molecule has 1 unspecified atom stereocenters. The summed E-state index contributed by atoms with van der Waals surface area (Å²) in [6.45, 7) is 3.57. The van der Waals surface area contributed by atoms with Gasteiger partial charge in [-0.15, -0.1) is 0 Å². The first-order chi connectivity index (χ1) is 10.8. The highest BCUT2D eigenvalue weighted by Gasteiger charge is 2.24. The minimum Gasteiger partial charge on any atom is -0.497 e. The fraction of sp³-hybridized carbons (Fsp3) is 0.333. The third-order valence-corrected chi connectivity index (χ3v) is 4.11. The largest absolute Gasteiger partial charge is 0.497 e. The first-order valence-electron chi connectivity index (χ1n) is 7.59. The molecule has 0 spiro atoms. The second kappa shape index (κ2) is 6.90. The zero-order chi connectivity index (χ0) is 15.4. The minimum absolute atomic E-state index is 0.176. The summed E-state index contributed by atoms with van der Waals surface area (Å²) in [5.74, 6) is 0.694. The topological polar surface area (TPSA) is 24.5 Å². The van der Waals surface area contributed by atoms with E-state index in [0.717, 1.165) is 37.5 Å². The summed E-state index contributed by atoms with van der Waals surface area (Å²) >= 11 is 0. The van der Waals surface area contributed by atoms with E-state index >= 15 is 0 Å². The maximum Gasteiger partial charge on any atom is 0.123 e. The first-order valence-corrected chi connectivity index (χ1v) is 7.59. The Bertz CT molecular complexity index is 632. The van der Waals surface area contributed by atoms with Gasteiger partial charge in [0.25, 0.3) is 0 Å². The monoisotopic (exact) mass is 300 g/mol. The van der Waals surface area contributed by atoms with Gasteiger partial charge in [0.05, 0.1) is 7.11 Å². The number of benzene rings is 2. The molecule has 3 rings (SSSR count). The zero-order valence-corrected chi connectivity index (χ0v) is 12.8. The summed E-state index contributed by atoms with van der Waals surface area (Å²) in [7, 11) is 1.68. The Balaban J connectivity index is 1.80. The van der Waals surface area contributed by atoms with Gasteiger partial charge in [-0.25, -0.2) is 4.39 Å². The van der Waals surface area contributed by atoms with Gasteiger partial charge in [0.15, 0.2) is 0 Å². The van der Waals surface area contributed by atoms with E-state index in [-0.39, 0.29) is 11.9 Å². The van der Waals surface area contributed by atoms with Crippen LogP contribution in [-0.2, 0) is 6.54 Å². The summed E-state index contributed by atoms with van der Waals surface area (Å²) in [6.07, 6.45) is 0. The van der Waals surface area contributed by atoms with E-state index in [1.165, 1.54) is 11.6 Å². The first kappa shape index (κ1) is 15.0. The van der Waals surface area contributed by atoms with E-state index in [1.807, 2.05) is 18.2 Å². The Kier molecular flexibility index (Phi) is 4.71. The number of piperazine rings is 1. The molecule has 0 radical (unpaired) electrons. The Morgan fingerprint density at radius 3 is 2.91 bits per heavy atom. The predicted molar refractivity (Wildman–Crippen MR) is 85.4 cm³/mol. The molecule has 4 heteroatoms. The van der Waals surface area contributed by atoms with E-state index < -0.39 is 0 Å². The molecule has 22 heavy (non-hydrogen) atoms. The average molecular weight is 300 g/mol. The molecule has 0 saturated carbocycles. The van der Waals surface area contributed by atoms with Gasteiger partial charge in [-0.2, -0.15) is 0 Å². The van der Waals surface area contributed by atoms with Crippen LogP contribution in [0, 0.1) is 5.82 Å². The molecule has 1 aliphatic heterocycles. The molecule has 1 aliphatic rings. The SMILES string of the molecule is COc1cccc(CN2CCNCC2c2cccc(F)c2)c1. The fourth-order valence-electron chi connectivity index (χ4n) is 2.98. The second-order valence-electron chi connectivity index (χ2n) is 5.60. The molecule has 0 bridgehead atoms. The lowest BCUT2D eigenvalue weighted by molar-refractivity contribution is 0.153. The number of ether oxygens (including phenoxy) is 1. The molecule has 2 aromatic rings. The van der Waals surface area contributed by atoms with E-state index in [9.17, 15) is 4.39 Å². The lowest BCUT2D eigenvalue weighted by Crippen LogP contribution is -2.45. The molecule has 1 atom stereocenters. The van der Waals surface area contributed by atoms with Gasteiger partial charge in [-0.1, -0.05) is 24.3 Å². The van der Waals surface area contributed by atoms with Crippen molar-refractivity contribution in [3.63, 3.8) is 0 Å². The average Bonchev–Trinajstić information content (AvgIpc) is 2.55. The summed E-state index contributed by atoms with van der Waals surface area (Å²) < 4.78 is 18.8. The quantitative estimate of drug-likeness (QED) is 0.939. The lowest BCUT2D eigenvalue weighted by atomic mass is 10.0. The van der Waals surface area contributed by atoms with E-state index in [4.69, 9.17) is 4.74 Å². The van der Waals surface area contributed by atoms with E-state index in [1.54, 1.807) is 19.2 Å². The molecular weight excluding hydrogens is 279 g/mol. The molecule has 1 saturated heterocycles. The van der Waals surface area contributed by atoms with E-state index in [0.29, 0.717) is 0 Å². The minimum atomic E-state index is -0.176. The number of nitrogens with zero attached hydrogens (tertiary/aromatic N) is 1. The molecule has 0 aliphatic carbocycles. The smallest absolute Gasteiger partial charge is 0.123 e. The molecule has 2 aromatic carbocycles. The van der Waals surface area contributed by atoms with E-state index in [2.05, 4.69) is 22.3 Å². The van der Waals surface area contributed by atoms with Crippen molar-refractivity contribution in [3.8, 4) is 5.75 Å². The highest BCUT2D eigenvalue weighted by Crippen LogP contribution is 2.25. The van der Waals surface area contributed by atoms with Crippen molar-refractivity contribution in [2.24, 2.45) is 0 Å². The van der Waals surface area contributed by atoms with Crippen LogP contribution in [0.3, 0.4) is 0 Å². The van der Waals surface area contributed by atoms with Gasteiger partial charge < -0.3 is 10.1 Å². The maximum absolute atomic E-state index is 13.5. The number of halogens is 1. The third kappa shape index (κ3) is 3.46. The molecular formula is C18H21FN2O. The predicted octanol–water partition coefficient (Wildman–Crippen LogP) is 2.98. The van der Waals surface area contributed by atoms with Crippen LogP contribution in [0.15, 0.2) is 48.5 Å². The Morgan fingerprint density at radius 2 is 2.09 bits per heavy atom. The number of nitrogens with one attached hydrogen (secondary N) is 1. The van der Waals surface area contributed by atoms with Crippen LogP contribution in [0.1, 0.15) is 17.2 Å². The van der Waals surface area contributed by atoms with Crippen molar-refractivity contribution in [3.05, 3.63) is 65.5 Å². The second-order valence-corrected chi connectivity index (χ2v) is 5.60. The van der Waals surface area contributed by atoms with Crippen molar-refractivity contribution >= 4 is 0 Å². The van der Waals surface area contributed by atoms with Crippen LogP contribution in [0.5, 0.6) is 5.75 Å². The lowest BCUT2D eigenvalue weighted by Gasteiger charge is -2.36. The zero-order valence-electron chi connectivity index (χ0n) is 12.8. The van der Waals surface area contributed by atoms with Gasteiger partial charge in [0, 0.05) is 32.2 Å². The maximum atomic E-state index is 13.5. The van der Waals surface area contributed by atoms with Crippen molar-refractivity contribution in [1.82, 2.24) is 10.2 Å². The van der Waals surface area contributed by atoms with Gasteiger partial charge in [-0.05, 0) is 35.4 Å². The number of rotatable bonds is 4. The Labute approximate surface area is 130 Å². The van der Waals surface area contributed by atoms with Gasteiger partial charge in [-0.3, -0.25) is 4.90 Å². The van der Waals surface area contributed by atoms with Crippen molar-refractivity contribution < 1.29 is 9.13 Å². The molecule has 0 aromatic heterocycles. The number of hydrogen-bond acceptors (Lipinski definition) is 3. The molecule has 1 N–H and O–H groups in total. The number of methoxy groups -OCH3 is 1. The Hall–Kier alpha value is -1.91. The van der Waals surface area contributed by atoms with Crippen molar-refractivity contribution in [1.29, 1.82) is 0 Å². The standard InChI is InChI=1S/C18H21FN2O/c1-22-17-7-2-4-14(10-17)13-21-9-8-20-12-18(21)15-5-3-6-16(19)11-15/h2-7,10-11,18,20H,8-9,12-13H2,1H3. The number of hydrogen-bond donors (Lipinski definition) is 1. The summed E-state index contributed by atoms with van der Waals surface area (Å²) in [4.78, 5) is 2.39. The van der Waals surface area contributed by atoms with Crippen LogP contribution >= 0.6 is 0 Å². The Morgan fingerprint density at radius 1 is 1.23 bits per heavy atom. The van der Waals surface area contributed by atoms with Crippen LogP contribution in [0.25, 0.3) is 0 Å².